The number of carbonyl (C=O) groups is 2. The summed E-state index contributed by atoms with van der Waals surface area (Å²) in [5.41, 5.74) is 1.14. The molecule has 0 saturated heterocycles. The van der Waals surface area contributed by atoms with Gasteiger partial charge in [0.25, 0.3) is 0 Å². The molecule has 0 fully saturated rings. The number of carbonyl (C=O) groups excluding carboxylic acids is 2. The van der Waals surface area contributed by atoms with Gasteiger partial charge in [0.1, 0.15) is 24.6 Å². The first-order chi connectivity index (χ1) is 12.1. The summed E-state index contributed by atoms with van der Waals surface area (Å²) in [5.74, 6) is -0.197. The predicted molar refractivity (Wildman–Crippen MR) is 95.8 cm³/mol. The summed E-state index contributed by atoms with van der Waals surface area (Å²) in [7, 11) is 0. The molecule has 0 spiro atoms. The number of hydrogen-bond donors (Lipinski definition) is 0. The molecule has 1 heterocycles. The second-order valence-corrected chi connectivity index (χ2v) is 7.20. The first-order valence-electron chi connectivity index (χ1n) is 8.57. The molecule has 26 heavy (non-hydrogen) atoms. The Morgan fingerprint density at radius 3 is 2.46 bits per heavy atom. The average Bonchev–Trinajstić information content (AvgIpc) is 2.54. The Labute approximate surface area is 154 Å². The van der Waals surface area contributed by atoms with Crippen molar-refractivity contribution in [3.63, 3.8) is 0 Å². The Morgan fingerprint density at radius 2 is 1.85 bits per heavy atom. The van der Waals surface area contributed by atoms with Crippen LogP contribution in [-0.4, -0.2) is 37.0 Å². The zero-order chi connectivity index (χ0) is 19.3. The summed E-state index contributed by atoms with van der Waals surface area (Å²) < 4.78 is 21.9. The van der Waals surface area contributed by atoms with Crippen LogP contribution in [0.25, 0.3) is 0 Å². The molecule has 142 valence electrons. The first-order valence-corrected chi connectivity index (χ1v) is 8.57. The number of benzene rings is 1. The molecule has 0 bridgehead atoms. The van der Waals surface area contributed by atoms with Crippen molar-refractivity contribution in [3.8, 4) is 5.75 Å². The van der Waals surface area contributed by atoms with Gasteiger partial charge in [-0.05, 0) is 35.3 Å². The van der Waals surface area contributed by atoms with Gasteiger partial charge in [0.05, 0.1) is 0 Å². The van der Waals surface area contributed by atoms with E-state index in [1.54, 1.807) is 12.2 Å². The average molecular weight is 362 g/mol. The Morgan fingerprint density at radius 1 is 1.12 bits per heavy atom. The molecular weight excluding hydrogens is 336 g/mol. The van der Waals surface area contributed by atoms with Crippen molar-refractivity contribution in [3.05, 3.63) is 42.0 Å². The van der Waals surface area contributed by atoms with Gasteiger partial charge in [-0.2, -0.15) is 0 Å². The third-order valence-corrected chi connectivity index (χ3v) is 3.84. The summed E-state index contributed by atoms with van der Waals surface area (Å²) >= 11 is 0. The SMILES string of the molecule is CC(=O)OC[C@H]1O[C@@H](Oc2cccc(C(C)(C)C)c2)C=C[C@@H]1OC(C)=O. The van der Waals surface area contributed by atoms with Gasteiger partial charge < -0.3 is 18.9 Å². The Hall–Kier alpha value is -2.34. The van der Waals surface area contributed by atoms with Crippen molar-refractivity contribution < 1.29 is 28.5 Å². The number of ether oxygens (including phenoxy) is 4. The zero-order valence-corrected chi connectivity index (χ0v) is 15.9. The Bertz CT molecular complexity index is 673. The molecule has 0 aliphatic carbocycles. The van der Waals surface area contributed by atoms with Gasteiger partial charge in [-0.1, -0.05) is 32.9 Å². The Kier molecular flexibility index (Phi) is 6.42. The molecule has 0 saturated carbocycles. The molecular formula is C20H26O6. The van der Waals surface area contributed by atoms with Gasteiger partial charge in [0, 0.05) is 13.8 Å². The van der Waals surface area contributed by atoms with Crippen LogP contribution in [0.3, 0.4) is 0 Å². The van der Waals surface area contributed by atoms with E-state index < -0.39 is 30.4 Å². The predicted octanol–water partition coefficient (Wildman–Crippen LogP) is 3.14. The highest BCUT2D eigenvalue weighted by Gasteiger charge is 2.31. The van der Waals surface area contributed by atoms with Crippen LogP contribution in [0.4, 0.5) is 0 Å². The number of esters is 2. The lowest BCUT2D eigenvalue weighted by molar-refractivity contribution is -0.178. The maximum atomic E-state index is 11.2. The van der Waals surface area contributed by atoms with Gasteiger partial charge in [0.15, 0.2) is 0 Å². The summed E-state index contributed by atoms with van der Waals surface area (Å²) in [5, 5.41) is 0. The fourth-order valence-corrected chi connectivity index (χ4v) is 2.50. The van der Waals surface area contributed by atoms with Crippen molar-refractivity contribution >= 4 is 11.9 Å². The standard InChI is InChI=1S/C20H26O6/c1-13(21)23-12-18-17(24-14(2)22)9-10-19(26-18)25-16-8-6-7-15(11-16)20(3,4)5/h6-11,17-19H,12H2,1-5H3/t17-,18+,19+/m0/s1. The topological polar surface area (TPSA) is 71.1 Å². The van der Waals surface area contributed by atoms with Crippen LogP contribution in [0.15, 0.2) is 36.4 Å². The quantitative estimate of drug-likeness (QED) is 0.592. The van der Waals surface area contributed by atoms with Crippen LogP contribution >= 0.6 is 0 Å². The van der Waals surface area contributed by atoms with Crippen LogP contribution in [0.1, 0.15) is 40.2 Å². The van der Waals surface area contributed by atoms with E-state index in [2.05, 4.69) is 20.8 Å². The zero-order valence-electron chi connectivity index (χ0n) is 15.9. The highest BCUT2D eigenvalue weighted by Crippen LogP contribution is 2.27. The second kappa shape index (κ2) is 8.36. The first kappa shape index (κ1) is 20.0. The molecule has 6 nitrogen and oxygen atoms in total. The molecule has 6 heteroatoms. The van der Waals surface area contributed by atoms with E-state index in [0.717, 1.165) is 5.56 Å². The molecule has 0 N–H and O–H groups in total. The van der Waals surface area contributed by atoms with E-state index in [4.69, 9.17) is 18.9 Å². The summed E-state index contributed by atoms with van der Waals surface area (Å²) in [6, 6.07) is 7.80. The number of hydrogen-bond acceptors (Lipinski definition) is 6. The van der Waals surface area contributed by atoms with E-state index in [9.17, 15) is 9.59 Å². The molecule has 0 aromatic heterocycles. The van der Waals surface area contributed by atoms with Crippen molar-refractivity contribution in [1.29, 1.82) is 0 Å². The van der Waals surface area contributed by atoms with E-state index in [0.29, 0.717) is 5.75 Å². The molecule has 2 rings (SSSR count). The lowest BCUT2D eigenvalue weighted by Gasteiger charge is -2.31. The lowest BCUT2D eigenvalue weighted by Crippen LogP contribution is -2.43. The molecule has 1 aromatic rings. The van der Waals surface area contributed by atoms with Crippen molar-refractivity contribution in [2.45, 2.75) is 58.5 Å². The molecule has 0 amide bonds. The Balaban J connectivity index is 2.10. The third-order valence-electron chi connectivity index (χ3n) is 3.84. The minimum atomic E-state index is -0.669. The van der Waals surface area contributed by atoms with E-state index in [1.165, 1.54) is 13.8 Å². The van der Waals surface area contributed by atoms with Crippen LogP contribution in [0, 0.1) is 0 Å². The fraction of sp³-hybridized carbons (Fsp3) is 0.500. The van der Waals surface area contributed by atoms with Crippen molar-refractivity contribution in [2.24, 2.45) is 0 Å². The van der Waals surface area contributed by atoms with E-state index in [1.807, 2.05) is 24.3 Å². The van der Waals surface area contributed by atoms with Gasteiger partial charge in [-0.3, -0.25) is 9.59 Å². The normalized spacial score (nSPS) is 22.6. The third kappa shape index (κ3) is 5.88. The minimum absolute atomic E-state index is 0.000910. The molecule has 1 aliphatic rings. The molecule has 0 radical (unpaired) electrons. The molecule has 1 aliphatic heterocycles. The lowest BCUT2D eigenvalue weighted by atomic mass is 9.87. The maximum absolute atomic E-state index is 11.2. The van der Waals surface area contributed by atoms with Gasteiger partial charge in [0.2, 0.25) is 6.29 Å². The second-order valence-electron chi connectivity index (χ2n) is 7.20. The molecule has 1 aromatic carbocycles. The fourth-order valence-electron chi connectivity index (χ4n) is 2.50. The van der Waals surface area contributed by atoms with Crippen LogP contribution < -0.4 is 4.74 Å². The summed E-state index contributed by atoms with van der Waals surface area (Å²) in [6.45, 7) is 8.98. The summed E-state index contributed by atoms with van der Waals surface area (Å²) in [6.07, 6.45) is 1.44. The largest absolute Gasteiger partial charge is 0.463 e. The van der Waals surface area contributed by atoms with Gasteiger partial charge in [-0.15, -0.1) is 0 Å². The molecule has 3 atom stereocenters. The smallest absolute Gasteiger partial charge is 0.303 e. The highest BCUT2D eigenvalue weighted by atomic mass is 16.7. The van der Waals surface area contributed by atoms with E-state index in [-0.39, 0.29) is 12.0 Å². The van der Waals surface area contributed by atoms with Crippen LogP contribution in [0.2, 0.25) is 0 Å². The van der Waals surface area contributed by atoms with Gasteiger partial charge in [-0.25, -0.2) is 0 Å². The van der Waals surface area contributed by atoms with E-state index >= 15 is 0 Å². The van der Waals surface area contributed by atoms with Crippen molar-refractivity contribution in [1.82, 2.24) is 0 Å². The van der Waals surface area contributed by atoms with Crippen LogP contribution in [-0.2, 0) is 29.2 Å². The molecule has 0 unspecified atom stereocenters. The van der Waals surface area contributed by atoms with Crippen LogP contribution in [0.5, 0.6) is 5.75 Å². The summed E-state index contributed by atoms with van der Waals surface area (Å²) in [4.78, 5) is 22.3. The number of rotatable bonds is 5. The highest BCUT2D eigenvalue weighted by molar-refractivity contribution is 5.66. The maximum Gasteiger partial charge on any atom is 0.303 e. The van der Waals surface area contributed by atoms with Crippen molar-refractivity contribution in [2.75, 3.05) is 6.61 Å². The van der Waals surface area contributed by atoms with Gasteiger partial charge >= 0.3 is 11.9 Å². The minimum Gasteiger partial charge on any atom is -0.463 e. The monoisotopic (exact) mass is 362 g/mol.